The Bertz CT molecular complexity index is 775. The maximum atomic E-state index is 13.9. The normalized spacial score (nSPS) is 20.3. The highest BCUT2D eigenvalue weighted by Gasteiger charge is 2.60. The Kier molecular flexibility index (Phi) is 5.64. The van der Waals surface area contributed by atoms with E-state index in [-0.39, 0.29) is 15.7 Å². The predicted octanol–water partition coefficient (Wildman–Crippen LogP) is 6.37. The van der Waals surface area contributed by atoms with Gasteiger partial charge in [0.25, 0.3) is 0 Å². The monoisotopic (exact) mass is 404 g/mol. The van der Waals surface area contributed by atoms with Crippen LogP contribution in [-0.4, -0.2) is 22.8 Å². The van der Waals surface area contributed by atoms with Gasteiger partial charge in [0.1, 0.15) is 29.6 Å². The molecule has 1 aliphatic rings. The zero-order chi connectivity index (χ0) is 20.5. The van der Waals surface area contributed by atoms with E-state index < -0.39 is 7.82 Å². The minimum atomic E-state index is -3.98. The number of quaternary nitrogens is 1. The van der Waals surface area contributed by atoms with E-state index >= 15 is 0 Å². The molecule has 0 radical (unpaired) electrons. The minimum Gasteiger partial charge on any atom is -0.392 e. The molecule has 1 saturated heterocycles. The van der Waals surface area contributed by atoms with Crippen molar-refractivity contribution < 1.29 is 22.9 Å². The van der Waals surface area contributed by atoms with Gasteiger partial charge < -0.3 is 9.05 Å². The third kappa shape index (κ3) is 4.12. The Morgan fingerprint density at radius 3 is 1.57 bits per heavy atom. The number of hydrogen-bond acceptors (Lipinski definition) is 4. The number of benzene rings is 2. The largest absolute Gasteiger partial charge is 0.635 e. The standard InChI is InChI=1S/C22H31NO4P/c1-21(2)17-12-18-22(3,4)23(21,5)27-28(24,25-19-13-8-6-9-14-19)26-20-15-10-7-11-16-20/h6-11,13-16H,12,17-18H2,1-5H3/q+1. The van der Waals surface area contributed by atoms with Crippen LogP contribution < -0.4 is 9.05 Å². The molecule has 152 valence electrons. The lowest BCUT2D eigenvalue weighted by Crippen LogP contribution is -2.70. The zero-order valence-electron chi connectivity index (χ0n) is 17.4. The number of piperidine rings is 1. The summed E-state index contributed by atoms with van der Waals surface area (Å²) < 4.78 is 32.1. The zero-order valence-corrected chi connectivity index (χ0v) is 18.3. The Morgan fingerprint density at radius 1 is 0.786 bits per heavy atom. The number of rotatable bonds is 6. The van der Waals surface area contributed by atoms with Crippen molar-refractivity contribution in [1.82, 2.24) is 0 Å². The SMILES string of the molecule is CC1(C)CCCC(C)(C)[N+]1(C)OP(=O)(Oc1ccccc1)Oc1ccccc1. The highest BCUT2D eigenvalue weighted by molar-refractivity contribution is 7.49. The molecule has 0 spiro atoms. The van der Waals surface area contributed by atoms with Crippen LogP contribution >= 0.6 is 7.82 Å². The third-order valence-corrected chi connectivity index (χ3v) is 7.47. The summed E-state index contributed by atoms with van der Waals surface area (Å²) in [4.78, 5) is 0. The molecule has 1 aliphatic heterocycles. The molecule has 0 saturated carbocycles. The number of para-hydroxylation sites is 2. The number of hydrogen-bond donors (Lipinski definition) is 0. The molecule has 6 heteroatoms. The smallest absolute Gasteiger partial charge is 0.392 e. The molecule has 0 N–H and O–H groups in total. The molecular weight excluding hydrogens is 373 g/mol. The highest BCUT2D eigenvalue weighted by atomic mass is 31.2. The number of phosphoric ester groups is 1. The first-order valence-corrected chi connectivity index (χ1v) is 11.2. The Morgan fingerprint density at radius 2 is 1.18 bits per heavy atom. The molecule has 0 aliphatic carbocycles. The van der Waals surface area contributed by atoms with Crippen LogP contribution in [0.25, 0.3) is 0 Å². The lowest BCUT2D eigenvalue weighted by atomic mass is 9.79. The second-order valence-corrected chi connectivity index (χ2v) is 10.2. The summed E-state index contributed by atoms with van der Waals surface area (Å²) in [5.74, 6) is 0.891. The maximum absolute atomic E-state index is 13.9. The number of nitrogens with zero attached hydrogens (tertiary/aromatic N) is 1. The van der Waals surface area contributed by atoms with Gasteiger partial charge in [-0.1, -0.05) is 41.0 Å². The maximum Gasteiger partial charge on any atom is 0.635 e. The highest BCUT2D eigenvalue weighted by Crippen LogP contribution is 2.57. The molecule has 2 aromatic rings. The van der Waals surface area contributed by atoms with E-state index in [0.717, 1.165) is 19.3 Å². The van der Waals surface area contributed by atoms with E-state index in [1.54, 1.807) is 24.3 Å². The lowest BCUT2D eigenvalue weighted by molar-refractivity contribution is -1.14. The number of likely N-dealkylation sites (tertiary alicyclic amines) is 1. The molecule has 0 aromatic heterocycles. The molecule has 3 rings (SSSR count). The summed E-state index contributed by atoms with van der Waals surface area (Å²) in [7, 11) is -2.00. The van der Waals surface area contributed by atoms with Gasteiger partial charge in [-0.05, 0) is 58.4 Å². The molecule has 2 aromatic carbocycles. The van der Waals surface area contributed by atoms with Crippen molar-refractivity contribution in [3.8, 4) is 11.5 Å². The van der Waals surface area contributed by atoms with Gasteiger partial charge in [-0.2, -0.15) is 4.65 Å². The van der Waals surface area contributed by atoms with E-state index in [1.807, 2.05) is 43.4 Å². The van der Waals surface area contributed by atoms with Gasteiger partial charge in [0.05, 0.1) is 0 Å². The van der Waals surface area contributed by atoms with E-state index in [0.29, 0.717) is 11.5 Å². The lowest BCUT2D eigenvalue weighted by Gasteiger charge is -2.55. The van der Waals surface area contributed by atoms with Crippen molar-refractivity contribution in [1.29, 1.82) is 0 Å². The van der Waals surface area contributed by atoms with Gasteiger partial charge in [0, 0.05) is 12.8 Å². The molecule has 28 heavy (non-hydrogen) atoms. The van der Waals surface area contributed by atoms with Crippen molar-refractivity contribution in [3.05, 3.63) is 60.7 Å². The van der Waals surface area contributed by atoms with Crippen molar-refractivity contribution in [2.75, 3.05) is 7.05 Å². The van der Waals surface area contributed by atoms with Crippen LogP contribution in [0.4, 0.5) is 0 Å². The van der Waals surface area contributed by atoms with Gasteiger partial charge >= 0.3 is 7.82 Å². The van der Waals surface area contributed by atoms with Crippen molar-refractivity contribution in [2.24, 2.45) is 0 Å². The molecule has 5 nitrogen and oxygen atoms in total. The molecule has 0 amide bonds. The fourth-order valence-electron chi connectivity index (χ4n) is 3.89. The summed E-state index contributed by atoms with van der Waals surface area (Å²) in [6, 6.07) is 18.0. The first-order chi connectivity index (χ1) is 13.1. The molecule has 0 atom stereocenters. The van der Waals surface area contributed by atoms with Gasteiger partial charge in [0.15, 0.2) is 0 Å². The van der Waals surface area contributed by atoms with Crippen molar-refractivity contribution in [2.45, 2.75) is 58.0 Å². The van der Waals surface area contributed by atoms with Crippen LogP contribution in [0, 0.1) is 0 Å². The fourth-order valence-corrected chi connectivity index (χ4v) is 5.60. The Hall–Kier alpha value is -1.81. The number of hydroxylamine groups is 3. The summed E-state index contributed by atoms with van der Waals surface area (Å²) >= 11 is 0. The van der Waals surface area contributed by atoms with Crippen LogP contribution in [0.3, 0.4) is 0 Å². The molecular formula is C22H31NO4P+. The second kappa shape index (κ2) is 7.55. The van der Waals surface area contributed by atoms with Crippen LogP contribution in [0.15, 0.2) is 60.7 Å². The van der Waals surface area contributed by atoms with E-state index in [1.165, 1.54) is 0 Å². The first kappa shape index (κ1) is 20.9. The molecule has 0 unspecified atom stereocenters. The molecule has 0 bridgehead atoms. The summed E-state index contributed by atoms with van der Waals surface area (Å²) in [5.41, 5.74) is -0.505. The number of phosphoric acid groups is 1. The second-order valence-electron chi connectivity index (χ2n) is 8.74. The van der Waals surface area contributed by atoms with Gasteiger partial charge in [-0.15, -0.1) is 0 Å². The summed E-state index contributed by atoms with van der Waals surface area (Å²) in [5, 5.41) is 0. The average molecular weight is 404 g/mol. The van der Waals surface area contributed by atoms with Gasteiger partial charge in [-0.25, -0.2) is 4.57 Å². The van der Waals surface area contributed by atoms with Crippen molar-refractivity contribution >= 4 is 7.82 Å². The van der Waals surface area contributed by atoms with Crippen molar-refractivity contribution in [3.63, 3.8) is 0 Å². The Labute approximate surface area is 168 Å². The van der Waals surface area contributed by atoms with Gasteiger partial charge in [0.2, 0.25) is 0 Å². The molecule has 1 fully saturated rings. The topological polar surface area (TPSA) is 44.8 Å². The van der Waals surface area contributed by atoms with E-state index in [4.69, 9.17) is 13.7 Å². The van der Waals surface area contributed by atoms with Crippen LogP contribution in [0.2, 0.25) is 0 Å². The quantitative estimate of drug-likeness (QED) is 0.414. The van der Waals surface area contributed by atoms with Crippen LogP contribution in [0.1, 0.15) is 47.0 Å². The van der Waals surface area contributed by atoms with E-state index in [2.05, 4.69) is 27.7 Å². The fraction of sp³-hybridized carbons (Fsp3) is 0.455. The minimum absolute atomic E-state index is 0.136. The summed E-state index contributed by atoms with van der Waals surface area (Å²) in [6.45, 7) is 8.57. The van der Waals surface area contributed by atoms with Gasteiger partial charge in [-0.3, -0.25) is 0 Å². The van der Waals surface area contributed by atoms with Crippen LogP contribution in [0.5, 0.6) is 11.5 Å². The average Bonchev–Trinajstić information content (AvgIpc) is 2.61. The Balaban J connectivity index is 1.99. The summed E-state index contributed by atoms with van der Waals surface area (Å²) in [6.07, 6.45) is 3.02. The van der Waals surface area contributed by atoms with E-state index in [9.17, 15) is 4.57 Å². The predicted molar refractivity (Wildman–Crippen MR) is 111 cm³/mol. The molecule has 1 heterocycles. The first-order valence-electron chi connectivity index (χ1n) is 9.74. The third-order valence-electron chi connectivity index (χ3n) is 6.07. The van der Waals surface area contributed by atoms with Crippen LogP contribution in [-0.2, 0) is 9.19 Å².